The van der Waals surface area contributed by atoms with E-state index in [2.05, 4.69) is 26.6 Å². The molecule has 0 aromatic heterocycles. The highest BCUT2D eigenvalue weighted by Gasteiger charge is 2.08. The monoisotopic (exact) mass is 354 g/mol. The van der Waals surface area contributed by atoms with E-state index in [4.69, 9.17) is 0 Å². The number of benzene rings is 2. The molecule has 110 valence electrons. The smallest absolute Gasteiger partial charge is 0.243 e. The van der Waals surface area contributed by atoms with Crippen LogP contribution in [0.4, 0.5) is 20.2 Å². The Labute approximate surface area is 129 Å². The highest BCUT2D eigenvalue weighted by Crippen LogP contribution is 2.19. The van der Waals surface area contributed by atoms with Gasteiger partial charge in [-0.25, -0.2) is 8.78 Å². The van der Waals surface area contributed by atoms with Crippen molar-refractivity contribution in [3.63, 3.8) is 0 Å². The molecule has 1 amide bonds. The number of nitrogens with one attached hydrogen (secondary N) is 2. The topological polar surface area (TPSA) is 41.1 Å². The van der Waals surface area contributed by atoms with Crippen molar-refractivity contribution in [3.8, 4) is 0 Å². The maximum atomic E-state index is 13.6. The van der Waals surface area contributed by atoms with E-state index in [0.29, 0.717) is 4.47 Å². The van der Waals surface area contributed by atoms with Gasteiger partial charge in [0.15, 0.2) is 0 Å². The largest absolute Gasteiger partial charge is 0.374 e. The summed E-state index contributed by atoms with van der Waals surface area (Å²) < 4.78 is 27.7. The number of aryl methyl sites for hydroxylation is 1. The van der Waals surface area contributed by atoms with E-state index >= 15 is 0 Å². The molecule has 21 heavy (non-hydrogen) atoms. The Hall–Kier alpha value is -1.95. The van der Waals surface area contributed by atoms with E-state index in [0.717, 1.165) is 5.56 Å². The first-order chi connectivity index (χ1) is 9.95. The highest BCUT2D eigenvalue weighted by atomic mass is 79.9. The van der Waals surface area contributed by atoms with E-state index in [1.807, 2.05) is 0 Å². The van der Waals surface area contributed by atoms with Gasteiger partial charge >= 0.3 is 0 Å². The van der Waals surface area contributed by atoms with Gasteiger partial charge < -0.3 is 10.6 Å². The molecular weight excluding hydrogens is 342 g/mol. The maximum Gasteiger partial charge on any atom is 0.243 e. The molecule has 0 aliphatic rings. The van der Waals surface area contributed by atoms with Crippen LogP contribution in [0.25, 0.3) is 0 Å². The first-order valence-corrected chi connectivity index (χ1v) is 7.00. The number of amides is 1. The lowest BCUT2D eigenvalue weighted by atomic mass is 10.2. The highest BCUT2D eigenvalue weighted by molar-refractivity contribution is 9.10. The second-order valence-corrected chi connectivity index (χ2v) is 5.42. The van der Waals surface area contributed by atoms with Crippen molar-refractivity contribution in [2.45, 2.75) is 6.92 Å². The summed E-state index contributed by atoms with van der Waals surface area (Å²) >= 11 is 3.13. The summed E-state index contributed by atoms with van der Waals surface area (Å²) in [6.07, 6.45) is 0. The predicted octanol–water partition coefficient (Wildman–Crippen LogP) is 4.09. The molecule has 3 nitrogen and oxygen atoms in total. The van der Waals surface area contributed by atoms with Gasteiger partial charge in [0.25, 0.3) is 0 Å². The normalized spacial score (nSPS) is 10.3. The van der Waals surface area contributed by atoms with E-state index in [1.165, 1.54) is 18.2 Å². The van der Waals surface area contributed by atoms with Gasteiger partial charge in [-0.05, 0) is 42.8 Å². The predicted molar refractivity (Wildman–Crippen MR) is 82.4 cm³/mol. The minimum absolute atomic E-state index is 0.0781. The zero-order chi connectivity index (χ0) is 15.4. The third-order valence-corrected chi connectivity index (χ3v) is 3.26. The zero-order valence-corrected chi connectivity index (χ0v) is 12.8. The van der Waals surface area contributed by atoms with Gasteiger partial charge in [0.05, 0.1) is 17.9 Å². The molecule has 0 aliphatic heterocycles. The molecular formula is C15H13BrF2N2O. The number of rotatable bonds is 4. The summed E-state index contributed by atoms with van der Waals surface area (Å²) in [5, 5.41) is 5.09. The summed E-state index contributed by atoms with van der Waals surface area (Å²) in [5.41, 5.74) is 1.10. The fraction of sp³-hybridized carbons (Fsp3) is 0.133. The lowest BCUT2D eigenvalue weighted by Gasteiger charge is -2.09. The molecule has 0 unspecified atom stereocenters. The molecule has 0 spiro atoms. The van der Waals surface area contributed by atoms with Crippen LogP contribution in [0.15, 0.2) is 40.9 Å². The molecule has 2 N–H and O–H groups in total. The minimum Gasteiger partial charge on any atom is -0.374 e. The summed E-state index contributed by atoms with van der Waals surface area (Å²) in [6, 6.07) is 8.97. The third kappa shape index (κ3) is 4.26. The zero-order valence-electron chi connectivity index (χ0n) is 11.2. The number of anilines is 2. The molecule has 0 saturated heterocycles. The summed E-state index contributed by atoms with van der Waals surface area (Å²) in [7, 11) is 0. The van der Waals surface area contributed by atoms with Gasteiger partial charge in [-0.15, -0.1) is 0 Å². The van der Waals surface area contributed by atoms with Crippen LogP contribution in [-0.4, -0.2) is 12.5 Å². The number of hydrogen-bond donors (Lipinski definition) is 2. The van der Waals surface area contributed by atoms with Crippen LogP contribution in [0.1, 0.15) is 5.56 Å². The van der Waals surface area contributed by atoms with Crippen LogP contribution in [0, 0.1) is 18.6 Å². The molecule has 6 heteroatoms. The number of hydrogen-bond acceptors (Lipinski definition) is 2. The SMILES string of the molecule is Cc1ccc(NCC(=O)Nc2ccc(Br)cc2F)c(F)c1. The van der Waals surface area contributed by atoms with Crippen molar-refractivity contribution in [1.29, 1.82) is 0 Å². The van der Waals surface area contributed by atoms with Crippen molar-refractivity contribution < 1.29 is 13.6 Å². The van der Waals surface area contributed by atoms with E-state index in [1.54, 1.807) is 25.1 Å². The first kappa shape index (κ1) is 15.4. The van der Waals surface area contributed by atoms with Gasteiger partial charge in [-0.3, -0.25) is 4.79 Å². The molecule has 0 radical (unpaired) electrons. The number of halogens is 3. The van der Waals surface area contributed by atoms with Crippen LogP contribution in [0.5, 0.6) is 0 Å². The minimum atomic E-state index is -0.542. The fourth-order valence-electron chi connectivity index (χ4n) is 1.72. The second kappa shape index (κ2) is 6.67. The van der Waals surface area contributed by atoms with Crippen LogP contribution in [0.2, 0.25) is 0 Å². The van der Waals surface area contributed by atoms with Crippen molar-refractivity contribution in [1.82, 2.24) is 0 Å². The van der Waals surface area contributed by atoms with Gasteiger partial charge in [0.2, 0.25) is 5.91 Å². The molecule has 0 bridgehead atoms. The van der Waals surface area contributed by atoms with Crippen molar-refractivity contribution in [2.24, 2.45) is 0 Å². The van der Waals surface area contributed by atoms with Crippen molar-refractivity contribution >= 4 is 33.2 Å². The average molecular weight is 355 g/mol. The molecule has 0 saturated carbocycles. The van der Waals surface area contributed by atoms with Crippen molar-refractivity contribution in [3.05, 3.63) is 58.1 Å². The summed E-state index contributed by atoms with van der Waals surface area (Å²) in [4.78, 5) is 11.7. The fourth-order valence-corrected chi connectivity index (χ4v) is 2.06. The Balaban J connectivity index is 1.96. The van der Waals surface area contributed by atoms with E-state index in [9.17, 15) is 13.6 Å². The molecule has 2 aromatic carbocycles. The third-order valence-electron chi connectivity index (χ3n) is 2.77. The first-order valence-electron chi connectivity index (χ1n) is 6.20. The Kier molecular flexibility index (Phi) is 4.90. The number of carbonyl (C=O) groups is 1. The van der Waals surface area contributed by atoms with Crippen molar-refractivity contribution in [2.75, 3.05) is 17.2 Å². The van der Waals surface area contributed by atoms with E-state index in [-0.39, 0.29) is 17.9 Å². The molecule has 2 aromatic rings. The molecule has 0 atom stereocenters. The number of carbonyl (C=O) groups excluding carboxylic acids is 1. The van der Waals surface area contributed by atoms with Crippen LogP contribution in [-0.2, 0) is 4.79 Å². The Morgan fingerprint density at radius 3 is 2.43 bits per heavy atom. The Morgan fingerprint density at radius 2 is 1.76 bits per heavy atom. The lowest BCUT2D eigenvalue weighted by molar-refractivity contribution is -0.114. The van der Waals surface area contributed by atoms with Gasteiger partial charge in [-0.1, -0.05) is 22.0 Å². The van der Waals surface area contributed by atoms with Gasteiger partial charge in [0, 0.05) is 4.47 Å². The molecule has 2 rings (SSSR count). The van der Waals surface area contributed by atoms with E-state index < -0.39 is 17.5 Å². The Morgan fingerprint density at radius 1 is 1.10 bits per heavy atom. The van der Waals surface area contributed by atoms with Crippen LogP contribution < -0.4 is 10.6 Å². The molecule has 0 heterocycles. The molecule has 0 aliphatic carbocycles. The maximum absolute atomic E-state index is 13.6. The quantitative estimate of drug-likeness (QED) is 0.868. The van der Waals surface area contributed by atoms with Gasteiger partial charge in [-0.2, -0.15) is 0 Å². The Bertz CT molecular complexity index is 677. The van der Waals surface area contributed by atoms with Gasteiger partial charge in [0.1, 0.15) is 11.6 Å². The van der Waals surface area contributed by atoms with Crippen LogP contribution in [0.3, 0.4) is 0 Å². The lowest BCUT2D eigenvalue weighted by Crippen LogP contribution is -2.22. The second-order valence-electron chi connectivity index (χ2n) is 4.51. The average Bonchev–Trinajstić information content (AvgIpc) is 2.41. The standard InChI is InChI=1S/C15H13BrF2N2O/c1-9-2-4-13(11(17)6-9)19-8-15(21)20-14-5-3-10(16)7-12(14)18/h2-7,19H,8H2,1H3,(H,20,21). The van der Waals surface area contributed by atoms with Crippen LogP contribution >= 0.6 is 15.9 Å². The summed E-state index contributed by atoms with van der Waals surface area (Å²) in [6.45, 7) is 1.62. The molecule has 0 fully saturated rings. The summed E-state index contributed by atoms with van der Waals surface area (Å²) in [5.74, 6) is -1.44.